The molecule has 0 saturated heterocycles. The minimum atomic E-state index is 0.609. The van der Waals surface area contributed by atoms with Gasteiger partial charge in [-0.2, -0.15) is 0 Å². The van der Waals surface area contributed by atoms with Gasteiger partial charge in [-0.3, -0.25) is 0 Å². The van der Waals surface area contributed by atoms with Crippen LogP contribution < -0.4 is 14.8 Å². The first-order valence-electron chi connectivity index (χ1n) is 6.72. The molecule has 0 aliphatic rings. The van der Waals surface area contributed by atoms with Gasteiger partial charge in [-0.05, 0) is 32.0 Å². The molecule has 1 aromatic carbocycles. The van der Waals surface area contributed by atoms with Crippen LogP contribution in [0.25, 0.3) is 0 Å². The number of nitrogens with one attached hydrogen (secondary N) is 1. The van der Waals surface area contributed by atoms with Crippen molar-refractivity contribution in [2.45, 2.75) is 20.4 Å². The van der Waals surface area contributed by atoms with Gasteiger partial charge in [0.05, 0.1) is 31.1 Å². The number of benzene rings is 1. The molecule has 1 aromatic heterocycles. The van der Waals surface area contributed by atoms with Crippen LogP contribution in [0.15, 0.2) is 36.8 Å². The summed E-state index contributed by atoms with van der Waals surface area (Å²) in [5.41, 5.74) is 1.82. The van der Waals surface area contributed by atoms with Crippen molar-refractivity contribution in [3.8, 4) is 11.5 Å². The molecule has 0 aliphatic heterocycles. The van der Waals surface area contributed by atoms with Crippen molar-refractivity contribution < 1.29 is 9.47 Å². The Labute approximate surface area is 119 Å². The van der Waals surface area contributed by atoms with Crippen LogP contribution >= 0.6 is 0 Å². The summed E-state index contributed by atoms with van der Waals surface area (Å²) in [6.07, 6.45) is 3.27. The van der Waals surface area contributed by atoms with Crippen LogP contribution in [0, 0.1) is 0 Å². The van der Waals surface area contributed by atoms with Gasteiger partial charge in [-0.15, -0.1) is 0 Å². The number of hydrogen-bond donors (Lipinski definition) is 1. The maximum absolute atomic E-state index is 5.61. The molecule has 20 heavy (non-hydrogen) atoms. The molecule has 1 N–H and O–H groups in total. The third-order valence-electron chi connectivity index (χ3n) is 2.67. The molecule has 0 fully saturated rings. The van der Waals surface area contributed by atoms with Crippen LogP contribution in [0.1, 0.15) is 19.5 Å². The fourth-order valence-corrected chi connectivity index (χ4v) is 1.79. The summed E-state index contributed by atoms with van der Waals surface area (Å²) >= 11 is 0. The Bertz CT molecular complexity index is 532. The SMILES string of the molecule is CCOc1ccc(OCC)c(NCc2ccncn2)c1. The molecule has 0 atom stereocenters. The largest absolute Gasteiger partial charge is 0.494 e. The number of hydrogen-bond acceptors (Lipinski definition) is 5. The highest BCUT2D eigenvalue weighted by Crippen LogP contribution is 2.29. The lowest BCUT2D eigenvalue weighted by atomic mass is 10.2. The summed E-state index contributed by atoms with van der Waals surface area (Å²) in [6, 6.07) is 7.64. The van der Waals surface area contributed by atoms with E-state index < -0.39 is 0 Å². The van der Waals surface area contributed by atoms with Crippen molar-refractivity contribution in [1.29, 1.82) is 0 Å². The lowest BCUT2D eigenvalue weighted by molar-refractivity contribution is 0.332. The average Bonchev–Trinajstić information content (AvgIpc) is 2.49. The summed E-state index contributed by atoms with van der Waals surface area (Å²) in [4.78, 5) is 8.08. The standard InChI is InChI=1S/C15H19N3O2/c1-3-19-13-5-6-15(20-4-2)14(9-13)17-10-12-7-8-16-11-18-12/h5-9,11,17H,3-4,10H2,1-2H3. The molecule has 2 rings (SSSR count). The molecule has 0 spiro atoms. The van der Waals surface area contributed by atoms with Gasteiger partial charge in [0.2, 0.25) is 0 Å². The summed E-state index contributed by atoms with van der Waals surface area (Å²) in [7, 11) is 0. The van der Waals surface area contributed by atoms with Crippen molar-refractivity contribution in [2.75, 3.05) is 18.5 Å². The number of aromatic nitrogens is 2. The van der Waals surface area contributed by atoms with Gasteiger partial charge in [0.25, 0.3) is 0 Å². The Morgan fingerprint density at radius 1 is 1.10 bits per heavy atom. The van der Waals surface area contributed by atoms with Gasteiger partial charge in [0, 0.05) is 12.3 Å². The van der Waals surface area contributed by atoms with E-state index in [-0.39, 0.29) is 0 Å². The molecule has 0 saturated carbocycles. The second kappa shape index (κ2) is 7.33. The molecule has 0 bridgehead atoms. The van der Waals surface area contributed by atoms with E-state index in [1.165, 1.54) is 6.33 Å². The Morgan fingerprint density at radius 2 is 1.95 bits per heavy atom. The number of ether oxygens (including phenoxy) is 2. The zero-order chi connectivity index (χ0) is 14.2. The monoisotopic (exact) mass is 273 g/mol. The topological polar surface area (TPSA) is 56.3 Å². The number of anilines is 1. The summed E-state index contributed by atoms with van der Waals surface area (Å²) in [6.45, 7) is 5.79. The van der Waals surface area contributed by atoms with E-state index >= 15 is 0 Å². The van der Waals surface area contributed by atoms with E-state index in [2.05, 4.69) is 15.3 Å². The summed E-state index contributed by atoms with van der Waals surface area (Å²) < 4.78 is 11.1. The molecule has 2 aromatic rings. The smallest absolute Gasteiger partial charge is 0.142 e. The zero-order valence-corrected chi connectivity index (χ0v) is 11.8. The van der Waals surface area contributed by atoms with Gasteiger partial charge < -0.3 is 14.8 Å². The first kappa shape index (κ1) is 14.1. The third-order valence-corrected chi connectivity index (χ3v) is 2.67. The van der Waals surface area contributed by atoms with Gasteiger partial charge in [0.1, 0.15) is 17.8 Å². The lowest BCUT2D eigenvalue weighted by Gasteiger charge is -2.14. The Morgan fingerprint density at radius 3 is 2.65 bits per heavy atom. The highest BCUT2D eigenvalue weighted by Gasteiger charge is 2.06. The predicted molar refractivity (Wildman–Crippen MR) is 78.1 cm³/mol. The minimum absolute atomic E-state index is 0.609. The normalized spacial score (nSPS) is 10.1. The van der Waals surface area contributed by atoms with Crippen molar-refractivity contribution in [2.24, 2.45) is 0 Å². The molecule has 0 aliphatic carbocycles. The summed E-state index contributed by atoms with van der Waals surface area (Å²) in [5, 5.41) is 3.32. The number of rotatable bonds is 7. The maximum Gasteiger partial charge on any atom is 0.142 e. The Kier molecular flexibility index (Phi) is 5.17. The molecular weight excluding hydrogens is 254 g/mol. The predicted octanol–water partition coefficient (Wildman–Crippen LogP) is 2.89. The lowest BCUT2D eigenvalue weighted by Crippen LogP contribution is -2.05. The molecule has 106 valence electrons. The molecule has 5 nitrogen and oxygen atoms in total. The van der Waals surface area contributed by atoms with Gasteiger partial charge >= 0.3 is 0 Å². The molecule has 0 amide bonds. The quantitative estimate of drug-likeness (QED) is 0.840. The van der Waals surface area contributed by atoms with Gasteiger partial charge in [-0.1, -0.05) is 0 Å². The van der Waals surface area contributed by atoms with Crippen molar-refractivity contribution >= 4 is 5.69 Å². The highest BCUT2D eigenvalue weighted by atomic mass is 16.5. The Balaban J connectivity index is 2.12. The van der Waals surface area contributed by atoms with Crippen LogP contribution in [-0.2, 0) is 6.54 Å². The minimum Gasteiger partial charge on any atom is -0.494 e. The first-order chi connectivity index (χ1) is 9.83. The van der Waals surface area contributed by atoms with Gasteiger partial charge in [0.15, 0.2) is 0 Å². The van der Waals surface area contributed by atoms with Crippen LogP contribution in [0.5, 0.6) is 11.5 Å². The van der Waals surface area contributed by atoms with E-state index in [0.29, 0.717) is 19.8 Å². The average molecular weight is 273 g/mol. The summed E-state index contributed by atoms with van der Waals surface area (Å²) in [5.74, 6) is 1.63. The highest BCUT2D eigenvalue weighted by molar-refractivity contribution is 5.59. The molecule has 5 heteroatoms. The fourth-order valence-electron chi connectivity index (χ4n) is 1.79. The van der Waals surface area contributed by atoms with E-state index in [0.717, 1.165) is 22.9 Å². The Hall–Kier alpha value is -2.30. The molecular formula is C15H19N3O2. The van der Waals surface area contributed by atoms with Crippen molar-refractivity contribution in [3.63, 3.8) is 0 Å². The third kappa shape index (κ3) is 3.85. The zero-order valence-electron chi connectivity index (χ0n) is 11.8. The number of nitrogens with zero attached hydrogens (tertiary/aromatic N) is 2. The second-order valence-electron chi connectivity index (χ2n) is 4.08. The second-order valence-corrected chi connectivity index (χ2v) is 4.08. The van der Waals surface area contributed by atoms with E-state index in [9.17, 15) is 0 Å². The molecule has 0 radical (unpaired) electrons. The van der Waals surface area contributed by atoms with E-state index in [1.54, 1.807) is 6.20 Å². The molecule has 1 heterocycles. The van der Waals surface area contributed by atoms with Crippen LogP contribution in [0.4, 0.5) is 5.69 Å². The van der Waals surface area contributed by atoms with Crippen LogP contribution in [-0.4, -0.2) is 23.2 Å². The van der Waals surface area contributed by atoms with Crippen molar-refractivity contribution in [3.05, 3.63) is 42.5 Å². The van der Waals surface area contributed by atoms with Crippen molar-refractivity contribution in [1.82, 2.24) is 9.97 Å². The van der Waals surface area contributed by atoms with E-state index in [1.807, 2.05) is 38.1 Å². The first-order valence-corrected chi connectivity index (χ1v) is 6.72. The van der Waals surface area contributed by atoms with Crippen LogP contribution in [0.2, 0.25) is 0 Å². The molecule has 0 unspecified atom stereocenters. The maximum atomic E-state index is 5.61. The van der Waals surface area contributed by atoms with Crippen LogP contribution in [0.3, 0.4) is 0 Å². The fraction of sp³-hybridized carbons (Fsp3) is 0.333. The van der Waals surface area contributed by atoms with Gasteiger partial charge in [-0.25, -0.2) is 9.97 Å². The van der Waals surface area contributed by atoms with E-state index in [4.69, 9.17) is 9.47 Å².